The Labute approximate surface area is 166 Å². The standard InChI is InChI=1S/C22H18FN3O3/c1-10-7-13-8-18-16(24-12(3)22(27)29-18)9-14(13)20(26-25-10)21-11(2)19-15(23)5-4-6-17(19)28-21/h4-6,8-9,12,24H,7H2,1-3H3. The third-order valence-electron chi connectivity index (χ3n) is 5.28. The second-order valence-corrected chi connectivity index (χ2v) is 7.42. The van der Waals surface area contributed by atoms with E-state index in [9.17, 15) is 9.18 Å². The average Bonchev–Trinajstić information content (AvgIpc) is 2.92. The number of aryl methyl sites for hydroxylation is 1. The van der Waals surface area contributed by atoms with E-state index in [-0.39, 0.29) is 11.8 Å². The molecule has 6 nitrogen and oxygen atoms in total. The van der Waals surface area contributed by atoms with Crippen LogP contribution in [0.2, 0.25) is 0 Å². The van der Waals surface area contributed by atoms with Gasteiger partial charge in [-0.1, -0.05) is 6.07 Å². The first-order chi connectivity index (χ1) is 13.9. The zero-order valence-corrected chi connectivity index (χ0v) is 16.2. The van der Waals surface area contributed by atoms with E-state index >= 15 is 0 Å². The Balaban J connectivity index is 1.74. The quantitative estimate of drug-likeness (QED) is 0.494. The van der Waals surface area contributed by atoms with E-state index in [0.717, 1.165) is 16.8 Å². The molecular weight excluding hydrogens is 373 g/mol. The highest BCUT2D eigenvalue weighted by Crippen LogP contribution is 2.37. The highest BCUT2D eigenvalue weighted by atomic mass is 19.1. The van der Waals surface area contributed by atoms with Crippen molar-refractivity contribution in [2.24, 2.45) is 10.2 Å². The number of ether oxygens (including phenoxy) is 1. The van der Waals surface area contributed by atoms with Gasteiger partial charge in [0.05, 0.1) is 11.1 Å². The number of nitrogens with one attached hydrogen (secondary N) is 1. The molecule has 0 saturated carbocycles. The van der Waals surface area contributed by atoms with E-state index < -0.39 is 6.04 Å². The maximum Gasteiger partial charge on any atom is 0.333 e. The number of hydrogen-bond acceptors (Lipinski definition) is 6. The molecule has 2 aliphatic heterocycles. The highest BCUT2D eigenvalue weighted by Gasteiger charge is 2.29. The summed E-state index contributed by atoms with van der Waals surface area (Å²) in [4.78, 5) is 11.9. The SMILES string of the molecule is CC1=NN=C(c2oc3cccc(F)c3c2C)c2cc3c(cc2C1)OC(=O)C(C)N3. The number of fused-ring (bicyclic) bond motifs is 3. The summed E-state index contributed by atoms with van der Waals surface area (Å²) >= 11 is 0. The third kappa shape index (κ3) is 2.73. The molecule has 5 rings (SSSR count). The molecule has 3 aromatic rings. The molecule has 0 fully saturated rings. The Morgan fingerprint density at radius 3 is 2.83 bits per heavy atom. The van der Waals surface area contributed by atoms with E-state index in [1.807, 2.05) is 26.0 Å². The first-order valence-corrected chi connectivity index (χ1v) is 9.37. The molecule has 0 amide bonds. The number of carbonyl (C=O) groups is 1. The van der Waals surface area contributed by atoms with E-state index in [1.165, 1.54) is 6.07 Å². The van der Waals surface area contributed by atoms with Crippen molar-refractivity contribution in [1.82, 2.24) is 0 Å². The van der Waals surface area contributed by atoms with Crippen LogP contribution in [0.4, 0.5) is 10.1 Å². The topological polar surface area (TPSA) is 76.2 Å². The Bertz CT molecular complexity index is 1260. The van der Waals surface area contributed by atoms with E-state index in [4.69, 9.17) is 9.15 Å². The molecular formula is C22H18FN3O3. The lowest BCUT2D eigenvalue weighted by molar-refractivity contribution is -0.135. The van der Waals surface area contributed by atoms with Gasteiger partial charge < -0.3 is 14.5 Å². The molecule has 1 aromatic heterocycles. The van der Waals surface area contributed by atoms with Gasteiger partial charge in [-0.3, -0.25) is 0 Å². The van der Waals surface area contributed by atoms with Gasteiger partial charge in [0.1, 0.15) is 23.2 Å². The van der Waals surface area contributed by atoms with Crippen molar-refractivity contribution in [3.63, 3.8) is 0 Å². The molecule has 146 valence electrons. The molecule has 7 heteroatoms. The molecule has 0 bridgehead atoms. The molecule has 1 atom stereocenters. The Morgan fingerprint density at radius 2 is 2.03 bits per heavy atom. The molecule has 0 radical (unpaired) electrons. The minimum Gasteiger partial charge on any atom is -0.454 e. The van der Waals surface area contributed by atoms with Gasteiger partial charge in [0.2, 0.25) is 0 Å². The fourth-order valence-corrected chi connectivity index (χ4v) is 3.82. The van der Waals surface area contributed by atoms with Crippen LogP contribution < -0.4 is 10.1 Å². The first kappa shape index (κ1) is 17.6. The first-order valence-electron chi connectivity index (χ1n) is 9.37. The average molecular weight is 391 g/mol. The van der Waals surface area contributed by atoms with Crippen LogP contribution in [0.3, 0.4) is 0 Å². The highest BCUT2D eigenvalue weighted by molar-refractivity contribution is 6.16. The van der Waals surface area contributed by atoms with E-state index in [2.05, 4.69) is 15.5 Å². The molecule has 2 aromatic carbocycles. The summed E-state index contributed by atoms with van der Waals surface area (Å²) in [6.07, 6.45) is 0.552. The van der Waals surface area contributed by atoms with Gasteiger partial charge in [0.25, 0.3) is 0 Å². The summed E-state index contributed by atoms with van der Waals surface area (Å²) in [5.41, 5.74) is 4.88. The van der Waals surface area contributed by atoms with Crippen LogP contribution in [0.1, 0.15) is 36.3 Å². The van der Waals surface area contributed by atoms with Crippen LogP contribution in [0, 0.1) is 12.7 Å². The smallest absolute Gasteiger partial charge is 0.333 e. The summed E-state index contributed by atoms with van der Waals surface area (Å²) in [7, 11) is 0. The summed E-state index contributed by atoms with van der Waals surface area (Å²) in [6, 6.07) is 8.04. The van der Waals surface area contributed by atoms with Crippen LogP contribution in [-0.2, 0) is 11.2 Å². The Hall–Kier alpha value is -3.48. The Kier molecular flexibility index (Phi) is 3.81. The second kappa shape index (κ2) is 6.27. The minimum atomic E-state index is -0.452. The van der Waals surface area contributed by atoms with E-state index in [1.54, 1.807) is 19.1 Å². The number of nitrogens with zero attached hydrogens (tertiary/aromatic N) is 2. The van der Waals surface area contributed by atoms with Crippen molar-refractivity contribution in [2.75, 3.05) is 5.32 Å². The number of halogens is 1. The molecule has 2 aliphatic rings. The van der Waals surface area contributed by atoms with Crippen molar-refractivity contribution in [2.45, 2.75) is 33.2 Å². The lowest BCUT2D eigenvalue weighted by Crippen LogP contribution is -2.34. The minimum absolute atomic E-state index is 0.325. The van der Waals surface area contributed by atoms with Gasteiger partial charge in [-0.2, -0.15) is 5.10 Å². The number of benzene rings is 2. The number of carbonyl (C=O) groups excluding carboxylic acids is 1. The van der Waals surface area contributed by atoms with Crippen molar-refractivity contribution < 1.29 is 18.3 Å². The zero-order chi connectivity index (χ0) is 20.3. The number of anilines is 1. The number of esters is 1. The largest absolute Gasteiger partial charge is 0.454 e. The Morgan fingerprint density at radius 1 is 1.21 bits per heavy atom. The summed E-state index contributed by atoms with van der Waals surface area (Å²) in [6.45, 7) is 5.44. The van der Waals surface area contributed by atoms with E-state index in [0.29, 0.717) is 45.9 Å². The van der Waals surface area contributed by atoms with Gasteiger partial charge in [-0.15, -0.1) is 5.10 Å². The summed E-state index contributed by atoms with van der Waals surface area (Å²) in [5.74, 6) is 0.296. The van der Waals surface area contributed by atoms with Gasteiger partial charge >= 0.3 is 5.97 Å². The van der Waals surface area contributed by atoms with Crippen molar-refractivity contribution in [3.05, 3.63) is 58.6 Å². The summed E-state index contributed by atoms with van der Waals surface area (Å²) < 4.78 is 25.8. The van der Waals surface area contributed by atoms with Crippen molar-refractivity contribution in [3.8, 4) is 5.75 Å². The predicted molar refractivity (Wildman–Crippen MR) is 109 cm³/mol. The van der Waals surface area contributed by atoms with Gasteiger partial charge in [0.15, 0.2) is 11.5 Å². The normalized spacial score (nSPS) is 18.2. The van der Waals surface area contributed by atoms with Crippen LogP contribution in [0.5, 0.6) is 5.75 Å². The monoisotopic (exact) mass is 391 g/mol. The maximum absolute atomic E-state index is 14.4. The maximum atomic E-state index is 14.4. The molecule has 0 aliphatic carbocycles. The third-order valence-corrected chi connectivity index (χ3v) is 5.28. The lowest BCUT2D eigenvalue weighted by atomic mass is 9.94. The van der Waals surface area contributed by atoms with Crippen LogP contribution in [-0.4, -0.2) is 23.4 Å². The predicted octanol–water partition coefficient (Wildman–Crippen LogP) is 4.37. The zero-order valence-electron chi connectivity index (χ0n) is 16.2. The van der Waals surface area contributed by atoms with Crippen molar-refractivity contribution >= 4 is 34.0 Å². The molecule has 0 saturated heterocycles. The fraction of sp³-hybridized carbons (Fsp3) is 0.227. The van der Waals surface area contributed by atoms with Gasteiger partial charge in [-0.25, -0.2) is 9.18 Å². The molecule has 1 N–H and O–H groups in total. The van der Waals surface area contributed by atoms with Crippen LogP contribution in [0.25, 0.3) is 11.0 Å². The lowest BCUT2D eigenvalue weighted by Gasteiger charge is -2.24. The van der Waals surface area contributed by atoms with Gasteiger partial charge in [-0.05, 0) is 50.6 Å². The van der Waals surface area contributed by atoms with Crippen LogP contribution >= 0.6 is 0 Å². The molecule has 0 spiro atoms. The van der Waals surface area contributed by atoms with Crippen LogP contribution in [0.15, 0.2) is 45.0 Å². The number of furan rings is 1. The fourth-order valence-electron chi connectivity index (χ4n) is 3.82. The number of hydrogen-bond donors (Lipinski definition) is 1. The number of rotatable bonds is 1. The van der Waals surface area contributed by atoms with Crippen molar-refractivity contribution in [1.29, 1.82) is 0 Å². The molecule has 3 heterocycles. The molecule has 1 unspecified atom stereocenters. The van der Waals surface area contributed by atoms with Gasteiger partial charge in [0, 0.05) is 23.3 Å². The molecule has 29 heavy (non-hydrogen) atoms. The summed E-state index contributed by atoms with van der Waals surface area (Å²) in [5, 5.41) is 12.3. The second-order valence-electron chi connectivity index (χ2n) is 7.42.